The molecule has 0 radical (unpaired) electrons. The van der Waals surface area contributed by atoms with Crippen molar-refractivity contribution in [2.75, 3.05) is 29.6 Å². The van der Waals surface area contributed by atoms with Crippen molar-refractivity contribution in [1.82, 2.24) is 5.32 Å². The summed E-state index contributed by atoms with van der Waals surface area (Å²) in [5.74, 6) is -2.36. The van der Waals surface area contributed by atoms with E-state index in [9.17, 15) is 18.4 Å². The number of hydrogen-bond donors (Lipinski definition) is 3. The van der Waals surface area contributed by atoms with Crippen molar-refractivity contribution < 1.29 is 18.4 Å². The van der Waals surface area contributed by atoms with E-state index in [0.29, 0.717) is 23.5 Å². The van der Waals surface area contributed by atoms with Crippen LogP contribution in [0.25, 0.3) is 0 Å². The zero-order valence-corrected chi connectivity index (χ0v) is 17.1. The van der Waals surface area contributed by atoms with E-state index in [0.717, 1.165) is 17.7 Å². The van der Waals surface area contributed by atoms with Crippen LogP contribution in [0, 0.1) is 11.6 Å². The van der Waals surface area contributed by atoms with Crippen LogP contribution in [0.4, 0.5) is 30.6 Å². The lowest BCUT2D eigenvalue weighted by molar-refractivity contribution is 0.0951. The second-order valence-electron chi connectivity index (χ2n) is 7.00. The molecule has 0 heterocycles. The molecule has 0 saturated carbocycles. The van der Waals surface area contributed by atoms with Gasteiger partial charge in [0.2, 0.25) is 0 Å². The predicted molar refractivity (Wildman–Crippen MR) is 117 cm³/mol. The Morgan fingerprint density at radius 3 is 2.13 bits per heavy atom. The summed E-state index contributed by atoms with van der Waals surface area (Å²) in [7, 11) is 3.62. The minimum Gasteiger partial charge on any atom is -0.377 e. The summed E-state index contributed by atoms with van der Waals surface area (Å²) in [4.78, 5) is 26.8. The van der Waals surface area contributed by atoms with Gasteiger partial charge in [-0.2, -0.15) is 0 Å². The normalized spacial score (nSPS) is 10.3. The molecule has 0 aliphatic heterocycles. The molecule has 0 aliphatic carbocycles. The third-order valence-electron chi connectivity index (χ3n) is 4.45. The van der Waals surface area contributed by atoms with E-state index in [-0.39, 0.29) is 11.6 Å². The van der Waals surface area contributed by atoms with Gasteiger partial charge in [0.1, 0.15) is 0 Å². The number of amides is 3. The highest BCUT2D eigenvalue weighted by molar-refractivity contribution is 6.03. The first-order valence-corrected chi connectivity index (χ1v) is 9.50. The van der Waals surface area contributed by atoms with Gasteiger partial charge >= 0.3 is 6.03 Å². The van der Waals surface area contributed by atoms with E-state index in [4.69, 9.17) is 0 Å². The first-order valence-electron chi connectivity index (χ1n) is 9.50. The van der Waals surface area contributed by atoms with Gasteiger partial charge in [0.25, 0.3) is 5.91 Å². The molecule has 3 N–H and O–H groups in total. The van der Waals surface area contributed by atoms with Gasteiger partial charge in [0.05, 0.1) is 5.56 Å². The lowest BCUT2D eigenvalue weighted by Crippen LogP contribution is -2.26. The van der Waals surface area contributed by atoms with Crippen LogP contribution >= 0.6 is 0 Å². The van der Waals surface area contributed by atoms with Gasteiger partial charge in [-0.3, -0.25) is 4.79 Å². The number of carbonyl (C=O) groups excluding carboxylic acids is 2. The lowest BCUT2D eigenvalue weighted by Gasteiger charge is -2.18. The highest BCUT2D eigenvalue weighted by atomic mass is 19.2. The van der Waals surface area contributed by atoms with E-state index in [1.54, 1.807) is 23.1 Å². The van der Waals surface area contributed by atoms with Gasteiger partial charge in [-0.15, -0.1) is 0 Å². The minimum absolute atomic E-state index is 0.0992. The van der Waals surface area contributed by atoms with E-state index in [1.807, 2.05) is 44.4 Å². The number of halogens is 2. The quantitative estimate of drug-likeness (QED) is 0.541. The highest BCUT2D eigenvalue weighted by Crippen LogP contribution is 2.23. The number of benzene rings is 3. The molecule has 3 amide bonds. The molecule has 0 saturated heterocycles. The molecule has 0 bridgehead atoms. The molecule has 0 fully saturated rings. The molecule has 0 atom stereocenters. The van der Waals surface area contributed by atoms with Crippen LogP contribution in [-0.2, 0) is 6.54 Å². The third kappa shape index (κ3) is 5.79. The number of anilines is 3. The van der Waals surface area contributed by atoms with Gasteiger partial charge in [0.15, 0.2) is 11.6 Å². The summed E-state index contributed by atoms with van der Waals surface area (Å²) in [6.07, 6.45) is 0. The lowest BCUT2D eigenvalue weighted by atomic mass is 10.1. The number of urea groups is 1. The van der Waals surface area contributed by atoms with E-state index < -0.39 is 17.7 Å². The molecule has 8 heteroatoms. The maximum Gasteiger partial charge on any atom is 0.323 e. The molecule has 31 heavy (non-hydrogen) atoms. The molecule has 3 rings (SSSR count). The van der Waals surface area contributed by atoms with Crippen molar-refractivity contribution in [1.29, 1.82) is 0 Å². The summed E-state index contributed by atoms with van der Waals surface area (Å²) in [6.45, 7) is 0.362. The maximum absolute atomic E-state index is 13.3. The molecule has 3 aromatic rings. The van der Waals surface area contributed by atoms with Crippen LogP contribution < -0.4 is 20.9 Å². The van der Waals surface area contributed by atoms with E-state index >= 15 is 0 Å². The average Bonchev–Trinajstić information content (AvgIpc) is 2.75. The van der Waals surface area contributed by atoms with Crippen LogP contribution in [0.3, 0.4) is 0 Å². The Bertz CT molecular complexity index is 1090. The Balaban J connectivity index is 1.73. The smallest absolute Gasteiger partial charge is 0.323 e. The standard InChI is InChI=1S/C23H22F2N4O2/c1-29(2)21-11-9-16(27-23(31)28-17-8-10-19(24)20(25)13-17)12-18(21)22(30)26-14-15-6-4-3-5-7-15/h3-13H,14H2,1-2H3,(H,26,30)(H2,27,28,31). The Morgan fingerprint density at radius 2 is 1.48 bits per heavy atom. The van der Waals surface area contributed by atoms with E-state index in [2.05, 4.69) is 16.0 Å². The Labute approximate surface area is 178 Å². The SMILES string of the molecule is CN(C)c1ccc(NC(=O)Nc2ccc(F)c(F)c2)cc1C(=O)NCc1ccccc1. The molecule has 0 aliphatic rings. The third-order valence-corrected chi connectivity index (χ3v) is 4.45. The van der Waals surface area contributed by atoms with Crippen molar-refractivity contribution in [2.45, 2.75) is 6.54 Å². The summed E-state index contributed by atoms with van der Waals surface area (Å²) in [5, 5.41) is 7.89. The first-order chi connectivity index (χ1) is 14.8. The average molecular weight is 424 g/mol. The van der Waals surface area contributed by atoms with Gasteiger partial charge < -0.3 is 20.9 Å². The van der Waals surface area contributed by atoms with Crippen molar-refractivity contribution in [3.63, 3.8) is 0 Å². The summed E-state index contributed by atoms with van der Waals surface area (Å²) >= 11 is 0. The Morgan fingerprint density at radius 1 is 0.839 bits per heavy atom. The fourth-order valence-electron chi connectivity index (χ4n) is 2.93. The van der Waals surface area contributed by atoms with Crippen molar-refractivity contribution >= 4 is 29.0 Å². The number of carbonyl (C=O) groups is 2. The minimum atomic E-state index is -1.06. The summed E-state index contributed by atoms with van der Waals surface area (Å²) < 4.78 is 26.3. The number of nitrogens with one attached hydrogen (secondary N) is 3. The molecule has 0 aromatic heterocycles. The number of hydrogen-bond acceptors (Lipinski definition) is 3. The van der Waals surface area contributed by atoms with Crippen LogP contribution in [0.1, 0.15) is 15.9 Å². The van der Waals surface area contributed by atoms with Gasteiger partial charge in [-0.05, 0) is 35.9 Å². The molecule has 3 aromatic carbocycles. The topological polar surface area (TPSA) is 73.5 Å². The largest absolute Gasteiger partial charge is 0.377 e. The predicted octanol–water partition coefficient (Wildman–Crippen LogP) is 4.60. The fraction of sp³-hybridized carbons (Fsp3) is 0.130. The van der Waals surface area contributed by atoms with Crippen LogP contribution in [0.5, 0.6) is 0 Å². The second-order valence-corrected chi connectivity index (χ2v) is 7.00. The molecular formula is C23H22F2N4O2. The van der Waals surface area contributed by atoms with Crippen LogP contribution in [0.15, 0.2) is 66.7 Å². The zero-order chi connectivity index (χ0) is 22.4. The van der Waals surface area contributed by atoms with Gasteiger partial charge in [-0.1, -0.05) is 30.3 Å². The zero-order valence-electron chi connectivity index (χ0n) is 17.1. The van der Waals surface area contributed by atoms with Crippen LogP contribution in [0.2, 0.25) is 0 Å². The summed E-state index contributed by atoms with van der Waals surface area (Å²) in [6, 6.07) is 16.8. The van der Waals surface area contributed by atoms with Gasteiger partial charge in [-0.25, -0.2) is 13.6 Å². The molecular weight excluding hydrogens is 402 g/mol. The summed E-state index contributed by atoms with van der Waals surface area (Å²) in [5.41, 5.74) is 2.49. The highest BCUT2D eigenvalue weighted by Gasteiger charge is 2.15. The second kappa shape index (κ2) is 9.71. The van der Waals surface area contributed by atoms with Crippen molar-refractivity contribution in [2.24, 2.45) is 0 Å². The number of nitrogens with zero attached hydrogens (tertiary/aromatic N) is 1. The van der Waals surface area contributed by atoms with Gasteiger partial charge in [0, 0.05) is 43.8 Å². The Hall–Kier alpha value is -3.94. The number of rotatable bonds is 6. The van der Waals surface area contributed by atoms with Crippen molar-refractivity contribution in [3.05, 3.63) is 89.5 Å². The van der Waals surface area contributed by atoms with Crippen molar-refractivity contribution in [3.8, 4) is 0 Å². The maximum atomic E-state index is 13.3. The molecule has 160 valence electrons. The first kappa shape index (κ1) is 21.8. The molecule has 0 spiro atoms. The monoisotopic (exact) mass is 424 g/mol. The van der Waals surface area contributed by atoms with Crippen LogP contribution in [-0.4, -0.2) is 26.0 Å². The van der Waals surface area contributed by atoms with E-state index in [1.165, 1.54) is 6.07 Å². The fourth-order valence-corrected chi connectivity index (χ4v) is 2.93. The Kier molecular flexibility index (Phi) is 6.81. The molecule has 0 unspecified atom stereocenters. The molecule has 6 nitrogen and oxygen atoms in total.